The molecule has 1 unspecified atom stereocenters. The molecule has 118 valence electrons. The van der Waals surface area contributed by atoms with E-state index < -0.39 is 5.54 Å². The fourth-order valence-electron chi connectivity index (χ4n) is 3.27. The Morgan fingerprint density at radius 1 is 1.35 bits per heavy atom. The number of hydrogen-bond donors (Lipinski definition) is 2. The number of nitrogens with one attached hydrogen (secondary N) is 1. The molecule has 1 aliphatic rings. The van der Waals surface area contributed by atoms with Crippen LogP contribution in [-0.2, 0) is 4.79 Å². The van der Waals surface area contributed by atoms with E-state index in [1.165, 1.54) is 32.2 Å². The summed E-state index contributed by atoms with van der Waals surface area (Å²) in [5, 5.41) is 3.22. The Bertz CT molecular complexity index is 289. The summed E-state index contributed by atoms with van der Waals surface area (Å²) >= 11 is 0. The number of nitrogens with zero attached hydrogens (tertiary/aromatic N) is 1. The molecule has 0 heterocycles. The number of unbranched alkanes of at least 4 members (excludes halogenated alkanes) is 1. The number of carbonyl (C=O) groups excluding carboxylic acids is 1. The second-order valence-electron chi connectivity index (χ2n) is 6.60. The van der Waals surface area contributed by atoms with Crippen LogP contribution in [0.15, 0.2) is 0 Å². The molecule has 1 amide bonds. The van der Waals surface area contributed by atoms with Gasteiger partial charge in [0, 0.05) is 6.54 Å². The smallest absolute Gasteiger partial charge is 0.237 e. The largest absolute Gasteiger partial charge is 0.368 e. The summed E-state index contributed by atoms with van der Waals surface area (Å²) in [6.45, 7) is 7.07. The highest BCUT2D eigenvalue weighted by Crippen LogP contribution is 2.25. The van der Waals surface area contributed by atoms with Crippen LogP contribution in [-0.4, -0.2) is 43.0 Å². The maximum atomic E-state index is 11.5. The van der Waals surface area contributed by atoms with E-state index >= 15 is 0 Å². The van der Waals surface area contributed by atoms with Crippen molar-refractivity contribution >= 4 is 5.91 Å². The average Bonchev–Trinajstić information content (AvgIpc) is 2.87. The minimum absolute atomic E-state index is 0.237. The summed E-state index contributed by atoms with van der Waals surface area (Å²) in [6, 6.07) is 0. The van der Waals surface area contributed by atoms with Gasteiger partial charge in [-0.2, -0.15) is 0 Å². The monoisotopic (exact) mass is 283 g/mol. The maximum Gasteiger partial charge on any atom is 0.237 e. The molecule has 1 fully saturated rings. The van der Waals surface area contributed by atoms with Crippen molar-refractivity contribution in [1.29, 1.82) is 0 Å². The average molecular weight is 283 g/mol. The lowest BCUT2D eigenvalue weighted by Crippen LogP contribution is -2.53. The van der Waals surface area contributed by atoms with E-state index in [1.54, 1.807) is 0 Å². The van der Waals surface area contributed by atoms with E-state index in [2.05, 4.69) is 17.3 Å². The molecule has 0 radical (unpaired) electrons. The van der Waals surface area contributed by atoms with Crippen LogP contribution in [0.3, 0.4) is 0 Å². The predicted molar refractivity (Wildman–Crippen MR) is 84.6 cm³/mol. The third-order valence-corrected chi connectivity index (χ3v) is 4.62. The normalized spacial score (nSPS) is 19.4. The zero-order chi connectivity index (χ0) is 15.0. The first kappa shape index (κ1) is 17.4. The number of amides is 1. The van der Waals surface area contributed by atoms with Gasteiger partial charge in [0.2, 0.25) is 5.91 Å². The van der Waals surface area contributed by atoms with Crippen molar-refractivity contribution in [2.24, 2.45) is 11.7 Å². The summed E-state index contributed by atoms with van der Waals surface area (Å²) in [5.74, 6) is 0.677. The maximum absolute atomic E-state index is 11.5. The lowest BCUT2D eigenvalue weighted by Gasteiger charge is -2.27. The number of primary amides is 1. The van der Waals surface area contributed by atoms with Gasteiger partial charge in [-0.15, -0.1) is 0 Å². The van der Waals surface area contributed by atoms with Gasteiger partial charge in [-0.25, -0.2) is 0 Å². The first-order valence-electron chi connectivity index (χ1n) is 8.21. The van der Waals surface area contributed by atoms with Crippen molar-refractivity contribution in [3.63, 3.8) is 0 Å². The summed E-state index contributed by atoms with van der Waals surface area (Å²) in [4.78, 5) is 14.0. The molecule has 0 saturated heterocycles. The molecule has 3 N–H and O–H groups in total. The second-order valence-corrected chi connectivity index (χ2v) is 6.60. The number of nitrogens with two attached hydrogens (primary N) is 1. The van der Waals surface area contributed by atoms with Gasteiger partial charge in [-0.05, 0) is 65.1 Å². The molecular weight excluding hydrogens is 250 g/mol. The highest BCUT2D eigenvalue weighted by molar-refractivity contribution is 5.84. The van der Waals surface area contributed by atoms with Gasteiger partial charge >= 0.3 is 0 Å². The Morgan fingerprint density at radius 3 is 2.55 bits per heavy atom. The van der Waals surface area contributed by atoms with E-state index in [0.717, 1.165) is 38.3 Å². The van der Waals surface area contributed by atoms with E-state index in [0.29, 0.717) is 0 Å². The highest BCUT2D eigenvalue weighted by atomic mass is 16.1. The van der Waals surface area contributed by atoms with Crippen molar-refractivity contribution in [2.45, 2.75) is 64.3 Å². The molecule has 0 aromatic rings. The SMILES string of the molecule is CCNC(C)(CCCCN(C)CC1CCCC1)C(N)=O. The van der Waals surface area contributed by atoms with Gasteiger partial charge in [0.05, 0.1) is 5.54 Å². The van der Waals surface area contributed by atoms with Crippen LogP contribution in [0.1, 0.15) is 58.8 Å². The molecule has 0 aromatic carbocycles. The zero-order valence-corrected chi connectivity index (χ0v) is 13.6. The number of hydrogen-bond acceptors (Lipinski definition) is 3. The molecule has 0 spiro atoms. The first-order chi connectivity index (χ1) is 9.48. The van der Waals surface area contributed by atoms with Crippen LogP contribution >= 0.6 is 0 Å². The van der Waals surface area contributed by atoms with E-state index in [9.17, 15) is 4.79 Å². The van der Waals surface area contributed by atoms with Crippen molar-refractivity contribution < 1.29 is 4.79 Å². The quantitative estimate of drug-likeness (QED) is 0.604. The Kier molecular flexibility index (Phi) is 7.52. The molecule has 0 bridgehead atoms. The number of rotatable bonds is 10. The van der Waals surface area contributed by atoms with E-state index in [-0.39, 0.29) is 5.91 Å². The summed E-state index contributed by atoms with van der Waals surface area (Å²) in [5.41, 5.74) is 4.95. The van der Waals surface area contributed by atoms with Gasteiger partial charge < -0.3 is 16.0 Å². The van der Waals surface area contributed by atoms with Crippen LogP contribution in [0.25, 0.3) is 0 Å². The highest BCUT2D eigenvalue weighted by Gasteiger charge is 2.28. The van der Waals surface area contributed by atoms with Gasteiger partial charge in [0.1, 0.15) is 0 Å². The molecule has 0 aromatic heterocycles. The third kappa shape index (κ3) is 5.80. The topological polar surface area (TPSA) is 58.4 Å². The fraction of sp³-hybridized carbons (Fsp3) is 0.938. The molecule has 4 nitrogen and oxygen atoms in total. The fourth-order valence-corrected chi connectivity index (χ4v) is 3.27. The van der Waals surface area contributed by atoms with Crippen molar-refractivity contribution in [2.75, 3.05) is 26.7 Å². The predicted octanol–water partition coefficient (Wildman–Crippen LogP) is 2.13. The van der Waals surface area contributed by atoms with Crippen LogP contribution in [0, 0.1) is 5.92 Å². The first-order valence-corrected chi connectivity index (χ1v) is 8.21. The Balaban J connectivity index is 2.17. The van der Waals surface area contributed by atoms with Crippen LogP contribution in [0.4, 0.5) is 0 Å². The Morgan fingerprint density at radius 2 is 2.00 bits per heavy atom. The number of likely N-dealkylation sites (N-methyl/N-ethyl adjacent to an activating group) is 1. The minimum Gasteiger partial charge on any atom is -0.368 e. The van der Waals surface area contributed by atoms with Crippen LogP contribution < -0.4 is 11.1 Å². The molecule has 20 heavy (non-hydrogen) atoms. The van der Waals surface area contributed by atoms with Gasteiger partial charge in [0.25, 0.3) is 0 Å². The second kappa shape index (κ2) is 8.63. The molecule has 1 aliphatic carbocycles. The van der Waals surface area contributed by atoms with Gasteiger partial charge in [-0.1, -0.05) is 19.8 Å². The minimum atomic E-state index is -0.543. The Hall–Kier alpha value is -0.610. The molecule has 1 rings (SSSR count). The molecule has 1 atom stereocenters. The van der Waals surface area contributed by atoms with Crippen molar-refractivity contribution in [3.05, 3.63) is 0 Å². The van der Waals surface area contributed by atoms with E-state index in [1.807, 2.05) is 13.8 Å². The van der Waals surface area contributed by atoms with E-state index in [4.69, 9.17) is 5.73 Å². The number of carbonyl (C=O) groups is 1. The lowest BCUT2D eigenvalue weighted by atomic mass is 9.94. The van der Waals surface area contributed by atoms with Gasteiger partial charge in [0.15, 0.2) is 0 Å². The van der Waals surface area contributed by atoms with Crippen LogP contribution in [0.2, 0.25) is 0 Å². The van der Waals surface area contributed by atoms with Crippen molar-refractivity contribution in [3.8, 4) is 0 Å². The van der Waals surface area contributed by atoms with Gasteiger partial charge in [-0.3, -0.25) is 4.79 Å². The van der Waals surface area contributed by atoms with Crippen LogP contribution in [0.5, 0.6) is 0 Å². The summed E-state index contributed by atoms with van der Waals surface area (Å²) in [7, 11) is 2.22. The summed E-state index contributed by atoms with van der Waals surface area (Å²) < 4.78 is 0. The molecular formula is C16H33N3O. The summed E-state index contributed by atoms with van der Waals surface area (Å²) in [6.07, 6.45) is 8.65. The molecule has 0 aliphatic heterocycles. The molecule has 1 saturated carbocycles. The Labute approximate surface area is 124 Å². The lowest BCUT2D eigenvalue weighted by molar-refractivity contribution is -0.124. The third-order valence-electron chi connectivity index (χ3n) is 4.62. The zero-order valence-electron chi connectivity index (χ0n) is 13.6. The van der Waals surface area contributed by atoms with Crippen molar-refractivity contribution in [1.82, 2.24) is 10.2 Å². The standard InChI is InChI=1S/C16H33N3O/c1-4-18-16(2,15(17)20)11-7-8-12-19(3)13-14-9-5-6-10-14/h14,18H,4-13H2,1-3H3,(H2,17,20). The molecule has 4 heteroatoms.